The average Bonchev–Trinajstić information content (AvgIpc) is 3.07. The van der Waals surface area contributed by atoms with Crippen LogP contribution in [-0.4, -0.2) is 22.3 Å². The van der Waals surface area contributed by atoms with Crippen LogP contribution < -0.4 is 10.1 Å². The molecule has 24 heavy (non-hydrogen) atoms. The number of rotatable bonds is 6. The molecule has 1 amide bonds. The molecule has 122 valence electrons. The standard InChI is InChI=1S/C19H19N3O2/c1-15-6-2-3-9-18(15)24-14-19(23)21-17-8-4-7-16(12-17)13-22-11-5-10-20-22/h2-12H,13-14H2,1H3,(H,21,23). The summed E-state index contributed by atoms with van der Waals surface area (Å²) in [6.45, 7) is 2.59. The lowest BCUT2D eigenvalue weighted by atomic mass is 10.2. The smallest absolute Gasteiger partial charge is 0.262 e. The Kier molecular flexibility index (Phi) is 4.91. The summed E-state index contributed by atoms with van der Waals surface area (Å²) in [6.07, 6.45) is 3.65. The number of carbonyl (C=O) groups is 1. The topological polar surface area (TPSA) is 56.1 Å². The predicted molar refractivity (Wildman–Crippen MR) is 93.1 cm³/mol. The van der Waals surface area contributed by atoms with Crippen molar-refractivity contribution < 1.29 is 9.53 Å². The lowest BCUT2D eigenvalue weighted by Gasteiger charge is -2.10. The molecule has 0 aliphatic carbocycles. The van der Waals surface area contributed by atoms with Gasteiger partial charge in [-0.05, 0) is 42.3 Å². The first kappa shape index (κ1) is 15.8. The van der Waals surface area contributed by atoms with E-state index in [0.29, 0.717) is 6.54 Å². The number of aromatic nitrogens is 2. The molecule has 0 aliphatic rings. The van der Waals surface area contributed by atoms with Crippen LogP contribution in [0, 0.1) is 6.92 Å². The first-order chi connectivity index (χ1) is 11.7. The highest BCUT2D eigenvalue weighted by molar-refractivity contribution is 5.91. The molecule has 5 nitrogen and oxygen atoms in total. The number of aryl methyl sites for hydroxylation is 1. The van der Waals surface area contributed by atoms with Crippen LogP contribution in [0.1, 0.15) is 11.1 Å². The molecular formula is C19H19N3O2. The Balaban J connectivity index is 1.57. The zero-order valence-electron chi connectivity index (χ0n) is 13.5. The SMILES string of the molecule is Cc1ccccc1OCC(=O)Nc1cccc(Cn2cccn2)c1. The van der Waals surface area contributed by atoms with Crippen molar-refractivity contribution in [3.63, 3.8) is 0 Å². The summed E-state index contributed by atoms with van der Waals surface area (Å²) < 4.78 is 7.40. The molecular weight excluding hydrogens is 302 g/mol. The molecule has 0 spiro atoms. The van der Waals surface area contributed by atoms with Crippen LogP contribution in [0.5, 0.6) is 5.75 Å². The van der Waals surface area contributed by atoms with Crippen molar-refractivity contribution in [2.24, 2.45) is 0 Å². The van der Waals surface area contributed by atoms with E-state index >= 15 is 0 Å². The van der Waals surface area contributed by atoms with Crippen LogP contribution in [0.25, 0.3) is 0 Å². The number of amides is 1. The van der Waals surface area contributed by atoms with Crippen molar-refractivity contribution in [1.29, 1.82) is 0 Å². The van der Waals surface area contributed by atoms with Gasteiger partial charge in [0, 0.05) is 18.1 Å². The van der Waals surface area contributed by atoms with Crippen LogP contribution in [0.2, 0.25) is 0 Å². The second-order valence-electron chi connectivity index (χ2n) is 5.51. The third kappa shape index (κ3) is 4.23. The van der Waals surface area contributed by atoms with Gasteiger partial charge in [0.2, 0.25) is 0 Å². The maximum absolute atomic E-state index is 12.1. The third-order valence-electron chi connectivity index (χ3n) is 3.57. The summed E-state index contributed by atoms with van der Waals surface area (Å²) in [6, 6.07) is 17.2. The number of benzene rings is 2. The van der Waals surface area contributed by atoms with Crippen LogP contribution in [0.15, 0.2) is 67.0 Å². The molecule has 3 aromatic rings. The predicted octanol–water partition coefficient (Wildman–Crippen LogP) is 3.26. The number of para-hydroxylation sites is 1. The van der Waals surface area contributed by atoms with E-state index in [-0.39, 0.29) is 12.5 Å². The molecule has 0 unspecified atom stereocenters. The van der Waals surface area contributed by atoms with Gasteiger partial charge in [0.25, 0.3) is 5.91 Å². The van der Waals surface area contributed by atoms with Gasteiger partial charge in [-0.3, -0.25) is 9.48 Å². The van der Waals surface area contributed by atoms with Crippen molar-refractivity contribution in [2.75, 3.05) is 11.9 Å². The molecule has 0 aliphatic heterocycles. The van der Waals surface area contributed by atoms with Gasteiger partial charge >= 0.3 is 0 Å². The number of nitrogens with one attached hydrogen (secondary N) is 1. The molecule has 1 aromatic heterocycles. The fraction of sp³-hybridized carbons (Fsp3) is 0.158. The molecule has 3 rings (SSSR count). The number of anilines is 1. The Morgan fingerprint density at radius 2 is 2.04 bits per heavy atom. The molecule has 2 aromatic carbocycles. The number of carbonyl (C=O) groups excluding carboxylic acids is 1. The Morgan fingerprint density at radius 3 is 2.83 bits per heavy atom. The molecule has 1 heterocycles. The fourth-order valence-electron chi connectivity index (χ4n) is 2.39. The van der Waals surface area contributed by atoms with E-state index in [4.69, 9.17) is 4.74 Å². The number of hydrogen-bond acceptors (Lipinski definition) is 3. The van der Waals surface area contributed by atoms with E-state index < -0.39 is 0 Å². The molecule has 0 saturated carbocycles. The number of nitrogens with zero attached hydrogens (tertiary/aromatic N) is 2. The van der Waals surface area contributed by atoms with Crippen molar-refractivity contribution in [3.05, 3.63) is 78.1 Å². The second kappa shape index (κ2) is 7.46. The van der Waals surface area contributed by atoms with E-state index in [9.17, 15) is 4.79 Å². The van der Waals surface area contributed by atoms with Gasteiger partial charge < -0.3 is 10.1 Å². The van der Waals surface area contributed by atoms with Crippen molar-refractivity contribution in [1.82, 2.24) is 9.78 Å². The molecule has 0 bridgehead atoms. The van der Waals surface area contributed by atoms with Crippen molar-refractivity contribution in [3.8, 4) is 5.75 Å². The monoisotopic (exact) mass is 321 g/mol. The summed E-state index contributed by atoms with van der Waals surface area (Å²) in [5.74, 6) is 0.537. The maximum atomic E-state index is 12.1. The zero-order valence-corrected chi connectivity index (χ0v) is 13.5. The van der Waals surface area contributed by atoms with Gasteiger partial charge in [-0.15, -0.1) is 0 Å². The Morgan fingerprint density at radius 1 is 1.17 bits per heavy atom. The van der Waals surface area contributed by atoms with Gasteiger partial charge in [0.05, 0.1) is 6.54 Å². The molecule has 0 atom stereocenters. The summed E-state index contributed by atoms with van der Waals surface area (Å²) in [4.78, 5) is 12.1. The van der Waals surface area contributed by atoms with Gasteiger partial charge in [-0.1, -0.05) is 30.3 Å². The summed E-state index contributed by atoms with van der Waals surface area (Å²) >= 11 is 0. The highest BCUT2D eigenvalue weighted by atomic mass is 16.5. The molecule has 0 fully saturated rings. The van der Waals surface area contributed by atoms with Crippen LogP contribution in [0.4, 0.5) is 5.69 Å². The van der Waals surface area contributed by atoms with Crippen LogP contribution >= 0.6 is 0 Å². The zero-order chi connectivity index (χ0) is 16.8. The Hall–Kier alpha value is -3.08. The van der Waals surface area contributed by atoms with Crippen molar-refractivity contribution >= 4 is 11.6 Å². The molecule has 0 radical (unpaired) electrons. The van der Waals surface area contributed by atoms with E-state index in [1.165, 1.54) is 0 Å². The minimum absolute atomic E-state index is 0.0196. The van der Waals surface area contributed by atoms with E-state index in [2.05, 4.69) is 10.4 Å². The van der Waals surface area contributed by atoms with E-state index in [1.54, 1.807) is 6.20 Å². The molecule has 0 saturated heterocycles. The third-order valence-corrected chi connectivity index (χ3v) is 3.57. The Bertz CT molecular complexity index is 813. The number of ether oxygens (including phenoxy) is 1. The average molecular weight is 321 g/mol. The largest absolute Gasteiger partial charge is 0.483 e. The summed E-state index contributed by atoms with van der Waals surface area (Å²) in [7, 11) is 0. The van der Waals surface area contributed by atoms with Crippen LogP contribution in [0.3, 0.4) is 0 Å². The van der Waals surface area contributed by atoms with Crippen molar-refractivity contribution in [2.45, 2.75) is 13.5 Å². The minimum Gasteiger partial charge on any atom is -0.483 e. The van der Waals surface area contributed by atoms with Gasteiger partial charge in [-0.25, -0.2) is 0 Å². The summed E-state index contributed by atoms with van der Waals surface area (Å²) in [5, 5.41) is 7.04. The molecule has 1 N–H and O–H groups in total. The first-order valence-corrected chi connectivity index (χ1v) is 7.75. The highest BCUT2D eigenvalue weighted by Crippen LogP contribution is 2.16. The van der Waals surface area contributed by atoms with Crippen LogP contribution in [-0.2, 0) is 11.3 Å². The normalized spacial score (nSPS) is 10.4. The lowest BCUT2D eigenvalue weighted by Crippen LogP contribution is -2.20. The Labute approximate surface area is 140 Å². The molecule has 5 heteroatoms. The van der Waals surface area contributed by atoms with E-state index in [1.807, 2.05) is 72.4 Å². The summed E-state index contributed by atoms with van der Waals surface area (Å²) in [5.41, 5.74) is 2.82. The van der Waals surface area contributed by atoms with Gasteiger partial charge in [-0.2, -0.15) is 5.10 Å². The lowest BCUT2D eigenvalue weighted by molar-refractivity contribution is -0.118. The quantitative estimate of drug-likeness (QED) is 0.758. The van der Waals surface area contributed by atoms with Gasteiger partial charge in [0.1, 0.15) is 5.75 Å². The highest BCUT2D eigenvalue weighted by Gasteiger charge is 2.06. The van der Waals surface area contributed by atoms with E-state index in [0.717, 1.165) is 22.6 Å². The first-order valence-electron chi connectivity index (χ1n) is 7.75. The maximum Gasteiger partial charge on any atom is 0.262 e. The number of hydrogen-bond donors (Lipinski definition) is 1. The van der Waals surface area contributed by atoms with Gasteiger partial charge in [0.15, 0.2) is 6.61 Å². The fourth-order valence-corrected chi connectivity index (χ4v) is 2.39. The second-order valence-corrected chi connectivity index (χ2v) is 5.51. The minimum atomic E-state index is -0.186.